The van der Waals surface area contributed by atoms with Gasteiger partial charge in [0, 0.05) is 0 Å². The number of ether oxygens (including phenoxy) is 2. The predicted molar refractivity (Wildman–Crippen MR) is 107 cm³/mol. The Morgan fingerprint density at radius 2 is 2.10 bits per heavy atom. The fourth-order valence-electron chi connectivity index (χ4n) is 2.58. The van der Waals surface area contributed by atoms with E-state index in [2.05, 4.69) is 32.6 Å². The largest absolute Gasteiger partial charge is 0.488 e. The molecular weight excluding hydrogens is 444 g/mol. The van der Waals surface area contributed by atoms with Gasteiger partial charge in [-0.15, -0.1) is 0 Å². The predicted octanol–water partition coefficient (Wildman–Crippen LogP) is 3.49. The molecule has 0 bridgehead atoms. The molecule has 0 atom stereocenters. The Morgan fingerprint density at radius 3 is 2.79 bits per heavy atom. The first-order valence-corrected chi connectivity index (χ1v) is 9.27. The van der Waals surface area contributed by atoms with Gasteiger partial charge < -0.3 is 19.2 Å². The van der Waals surface area contributed by atoms with Crippen LogP contribution in [0.15, 0.2) is 57.6 Å². The standard InChI is InChI=1S/C20H17BrN2O6/c1-3-8-28-16-6-4-12(9-14(16)21)10-15-18(24)23(20(26)22-15)11-13-5-7-17(29-13)19(25)27-2/h3-7,9-10H,1,8,11H2,2H3,(H,22,26)/b15-10-. The van der Waals surface area contributed by atoms with Crippen molar-refractivity contribution >= 4 is 39.9 Å². The van der Waals surface area contributed by atoms with Crippen LogP contribution in [0.5, 0.6) is 5.75 Å². The Hall–Kier alpha value is -3.33. The molecule has 29 heavy (non-hydrogen) atoms. The smallest absolute Gasteiger partial charge is 0.373 e. The molecule has 0 radical (unpaired) electrons. The van der Waals surface area contributed by atoms with E-state index in [-0.39, 0.29) is 23.8 Å². The van der Waals surface area contributed by atoms with Gasteiger partial charge >= 0.3 is 12.0 Å². The number of hydrogen-bond donors (Lipinski definition) is 1. The van der Waals surface area contributed by atoms with Gasteiger partial charge in [-0.2, -0.15) is 0 Å². The van der Waals surface area contributed by atoms with Crippen molar-refractivity contribution in [1.29, 1.82) is 0 Å². The van der Waals surface area contributed by atoms with E-state index in [9.17, 15) is 14.4 Å². The van der Waals surface area contributed by atoms with Crippen molar-refractivity contribution in [1.82, 2.24) is 10.2 Å². The Labute approximate surface area is 174 Å². The number of carbonyl (C=O) groups excluding carboxylic acids is 3. The first kappa shape index (κ1) is 20.4. The fraction of sp³-hybridized carbons (Fsp3) is 0.150. The van der Waals surface area contributed by atoms with Gasteiger partial charge in [0.05, 0.1) is 18.1 Å². The minimum absolute atomic E-state index is 0.00562. The van der Waals surface area contributed by atoms with Crippen molar-refractivity contribution in [2.24, 2.45) is 0 Å². The first-order chi connectivity index (χ1) is 13.9. The molecule has 1 aliphatic heterocycles. The Balaban J connectivity index is 1.74. The van der Waals surface area contributed by atoms with Crippen LogP contribution in [0.1, 0.15) is 21.9 Å². The number of benzene rings is 1. The summed E-state index contributed by atoms with van der Waals surface area (Å²) in [5.74, 6) is -0.237. The molecule has 3 amide bonds. The molecule has 1 aliphatic rings. The molecule has 3 rings (SSSR count). The van der Waals surface area contributed by atoms with Crippen molar-refractivity contribution < 1.29 is 28.3 Å². The van der Waals surface area contributed by atoms with Crippen molar-refractivity contribution in [2.75, 3.05) is 13.7 Å². The summed E-state index contributed by atoms with van der Waals surface area (Å²) in [7, 11) is 1.23. The Kier molecular flexibility index (Phi) is 6.18. The lowest BCUT2D eigenvalue weighted by Gasteiger charge is -2.09. The maximum atomic E-state index is 12.6. The fourth-order valence-corrected chi connectivity index (χ4v) is 3.09. The van der Waals surface area contributed by atoms with Crippen molar-refractivity contribution in [3.8, 4) is 5.75 Å². The molecule has 1 aromatic heterocycles. The molecular formula is C20H17BrN2O6. The van der Waals surface area contributed by atoms with Gasteiger partial charge in [-0.05, 0) is 51.8 Å². The third-order valence-electron chi connectivity index (χ3n) is 3.95. The molecule has 150 valence electrons. The highest BCUT2D eigenvalue weighted by atomic mass is 79.9. The zero-order valence-corrected chi connectivity index (χ0v) is 17.0. The Bertz CT molecular complexity index is 1010. The average Bonchev–Trinajstić information content (AvgIpc) is 3.27. The SMILES string of the molecule is C=CCOc1ccc(/C=C2\NC(=O)N(Cc3ccc(C(=O)OC)o3)C2=O)cc1Br. The van der Waals surface area contributed by atoms with Crippen LogP contribution in [0.2, 0.25) is 0 Å². The van der Waals surface area contributed by atoms with Crippen LogP contribution in [0.3, 0.4) is 0 Å². The summed E-state index contributed by atoms with van der Waals surface area (Å²) in [5.41, 5.74) is 0.820. The summed E-state index contributed by atoms with van der Waals surface area (Å²) in [4.78, 5) is 37.3. The lowest BCUT2D eigenvalue weighted by Crippen LogP contribution is -2.30. The molecule has 2 aromatic rings. The van der Waals surface area contributed by atoms with E-state index in [1.165, 1.54) is 19.2 Å². The molecule has 1 N–H and O–H groups in total. The first-order valence-electron chi connectivity index (χ1n) is 8.47. The highest BCUT2D eigenvalue weighted by molar-refractivity contribution is 9.10. The van der Waals surface area contributed by atoms with Crippen LogP contribution in [0.4, 0.5) is 4.79 Å². The lowest BCUT2D eigenvalue weighted by molar-refractivity contribution is -0.123. The van der Waals surface area contributed by atoms with E-state index in [0.717, 1.165) is 4.90 Å². The third kappa shape index (κ3) is 4.57. The monoisotopic (exact) mass is 460 g/mol. The number of nitrogens with zero attached hydrogens (tertiary/aromatic N) is 1. The summed E-state index contributed by atoms with van der Waals surface area (Å²) in [6.45, 7) is 3.85. The molecule has 0 saturated carbocycles. The summed E-state index contributed by atoms with van der Waals surface area (Å²) in [6, 6.07) is 7.62. The maximum Gasteiger partial charge on any atom is 0.373 e. The van der Waals surface area contributed by atoms with E-state index >= 15 is 0 Å². The zero-order valence-electron chi connectivity index (χ0n) is 15.4. The molecule has 0 unspecified atom stereocenters. The van der Waals surface area contributed by atoms with Crippen LogP contribution in [-0.4, -0.2) is 36.5 Å². The molecule has 0 aliphatic carbocycles. The van der Waals surface area contributed by atoms with Gasteiger partial charge in [0.25, 0.3) is 5.91 Å². The Morgan fingerprint density at radius 1 is 1.31 bits per heavy atom. The minimum Gasteiger partial charge on any atom is -0.488 e. The number of rotatable bonds is 7. The van der Waals surface area contributed by atoms with Crippen molar-refractivity contribution in [2.45, 2.75) is 6.54 Å². The lowest BCUT2D eigenvalue weighted by atomic mass is 10.2. The minimum atomic E-state index is -0.639. The molecule has 1 fully saturated rings. The number of nitrogens with one attached hydrogen (secondary N) is 1. The van der Waals surface area contributed by atoms with Gasteiger partial charge in [-0.3, -0.25) is 9.69 Å². The molecule has 2 heterocycles. The van der Waals surface area contributed by atoms with Crippen LogP contribution >= 0.6 is 15.9 Å². The number of carbonyl (C=O) groups is 3. The molecule has 1 saturated heterocycles. The molecule has 8 nitrogen and oxygen atoms in total. The molecule has 0 spiro atoms. The summed E-state index contributed by atoms with van der Waals surface area (Å²) in [6.07, 6.45) is 3.20. The van der Waals surface area contributed by atoms with E-state index in [1.54, 1.807) is 30.4 Å². The number of hydrogen-bond acceptors (Lipinski definition) is 6. The van der Waals surface area contributed by atoms with E-state index in [4.69, 9.17) is 9.15 Å². The number of amides is 3. The number of halogens is 1. The third-order valence-corrected chi connectivity index (χ3v) is 4.57. The highest BCUT2D eigenvalue weighted by Gasteiger charge is 2.34. The van der Waals surface area contributed by atoms with Crippen LogP contribution in [0, 0.1) is 0 Å². The van der Waals surface area contributed by atoms with Crippen molar-refractivity contribution in [3.63, 3.8) is 0 Å². The van der Waals surface area contributed by atoms with Crippen LogP contribution < -0.4 is 10.1 Å². The van der Waals surface area contributed by atoms with E-state index in [1.807, 2.05) is 0 Å². The van der Waals surface area contributed by atoms with E-state index in [0.29, 0.717) is 22.4 Å². The van der Waals surface area contributed by atoms with Gasteiger partial charge in [-0.25, -0.2) is 9.59 Å². The van der Waals surface area contributed by atoms with Crippen LogP contribution in [0.25, 0.3) is 6.08 Å². The molecule has 9 heteroatoms. The summed E-state index contributed by atoms with van der Waals surface area (Å²) in [5, 5.41) is 2.54. The maximum absolute atomic E-state index is 12.6. The number of urea groups is 1. The van der Waals surface area contributed by atoms with Gasteiger partial charge in [0.15, 0.2) is 0 Å². The quantitative estimate of drug-likeness (QED) is 0.294. The second-order valence-electron chi connectivity index (χ2n) is 5.93. The van der Waals surface area contributed by atoms with Gasteiger partial charge in [-0.1, -0.05) is 18.7 Å². The number of furan rings is 1. The zero-order chi connectivity index (χ0) is 21.0. The summed E-state index contributed by atoms with van der Waals surface area (Å²) < 4.78 is 16.1. The second kappa shape index (κ2) is 8.78. The normalized spacial score (nSPS) is 14.8. The van der Waals surface area contributed by atoms with Crippen LogP contribution in [-0.2, 0) is 16.1 Å². The highest BCUT2D eigenvalue weighted by Crippen LogP contribution is 2.27. The van der Waals surface area contributed by atoms with Gasteiger partial charge in [0.2, 0.25) is 5.76 Å². The number of methoxy groups -OCH3 is 1. The average molecular weight is 461 g/mol. The van der Waals surface area contributed by atoms with E-state index < -0.39 is 17.9 Å². The second-order valence-corrected chi connectivity index (χ2v) is 6.78. The van der Waals surface area contributed by atoms with Crippen molar-refractivity contribution in [3.05, 3.63) is 70.2 Å². The molecule has 1 aromatic carbocycles. The number of imide groups is 1. The van der Waals surface area contributed by atoms with Gasteiger partial charge in [0.1, 0.15) is 23.8 Å². The summed E-state index contributed by atoms with van der Waals surface area (Å²) >= 11 is 3.41. The topological polar surface area (TPSA) is 98.1 Å². The number of esters is 1.